The van der Waals surface area contributed by atoms with E-state index < -0.39 is 75.8 Å². The summed E-state index contributed by atoms with van der Waals surface area (Å²) in [5.41, 5.74) is 11.3. The highest BCUT2D eigenvalue weighted by Crippen LogP contribution is 2.51. The molecule has 2 saturated heterocycles. The number of rotatable bonds is 10. The van der Waals surface area contributed by atoms with E-state index in [0.29, 0.717) is 0 Å². The second-order valence-corrected chi connectivity index (χ2v) is 14.1. The number of aliphatic hydroxyl groups is 1. The third kappa shape index (κ3) is 5.95. The van der Waals surface area contributed by atoms with Crippen molar-refractivity contribution in [2.45, 2.75) is 49.5 Å². The number of anilines is 2. The normalized spacial score (nSPS) is 29.0. The highest BCUT2D eigenvalue weighted by Gasteiger charge is 2.52. The molecule has 0 amide bonds. The maximum atomic E-state index is 15.7. The summed E-state index contributed by atoms with van der Waals surface area (Å²) in [4.78, 5) is 45.8. The zero-order valence-corrected chi connectivity index (χ0v) is 25.6. The van der Waals surface area contributed by atoms with Crippen LogP contribution in [0.1, 0.15) is 18.9 Å². The fourth-order valence-electron chi connectivity index (χ4n) is 5.01. The molecule has 0 radical (unpaired) electrons. The summed E-state index contributed by atoms with van der Waals surface area (Å²) >= 11 is 8.96. The Morgan fingerprint density at radius 2 is 1.91 bits per heavy atom. The molecule has 0 spiro atoms. The van der Waals surface area contributed by atoms with Gasteiger partial charge in [-0.1, -0.05) is 0 Å². The van der Waals surface area contributed by atoms with Crippen molar-refractivity contribution in [1.29, 1.82) is 0 Å². The van der Waals surface area contributed by atoms with Crippen LogP contribution in [0.2, 0.25) is 0 Å². The highest BCUT2D eigenvalue weighted by molar-refractivity contribution is 8.39. The van der Waals surface area contributed by atoms with E-state index in [-0.39, 0.29) is 40.5 Å². The van der Waals surface area contributed by atoms with E-state index in [9.17, 15) is 19.4 Å². The van der Waals surface area contributed by atoms with Crippen molar-refractivity contribution >= 4 is 72.1 Å². The van der Waals surface area contributed by atoms with Gasteiger partial charge in [-0.25, -0.2) is 24.3 Å². The van der Waals surface area contributed by atoms with Gasteiger partial charge in [0.1, 0.15) is 36.3 Å². The lowest BCUT2D eigenvalue weighted by molar-refractivity contribution is -0.0538. The molecule has 24 heteroatoms. The molecule has 19 nitrogen and oxygen atoms in total. The second kappa shape index (κ2) is 12.2. The van der Waals surface area contributed by atoms with Crippen molar-refractivity contribution in [3.8, 4) is 0 Å². The Hall–Kier alpha value is -2.75. The number of halogens is 1. The molecular formula is C20H24FN10O9P2S2+. The summed E-state index contributed by atoms with van der Waals surface area (Å²) in [7, 11) is -2.58. The number of aliphatic hydroxyl groups excluding tert-OH is 1. The van der Waals surface area contributed by atoms with Gasteiger partial charge in [0, 0.05) is 6.42 Å². The van der Waals surface area contributed by atoms with Gasteiger partial charge in [-0.05, 0) is 16.4 Å². The summed E-state index contributed by atoms with van der Waals surface area (Å²) in [5, 5.41) is 9.73. The maximum Gasteiger partial charge on any atom is 0.582 e. The van der Waals surface area contributed by atoms with E-state index in [1.807, 2.05) is 0 Å². The van der Waals surface area contributed by atoms with Gasteiger partial charge in [-0.2, -0.15) is 4.98 Å². The molecule has 4 aromatic rings. The Kier molecular flexibility index (Phi) is 8.67. The predicted molar refractivity (Wildman–Crippen MR) is 156 cm³/mol. The van der Waals surface area contributed by atoms with Crippen molar-refractivity contribution < 1.29 is 42.0 Å². The Morgan fingerprint density at radius 1 is 1.18 bits per heavy atom. The first-order valence-electron chi connectivity index (χ1n) is 12.7. The second-order valence-electron chi connectivity index (χ2n) is 9.65. The number of ether oxygens (including phenoxy) is 2. The number of fused-ring (bicyclic) bond motifs is 2. The van der Waals surface area contributed by atoms with Gasteiger partial charge < -0.3 is 40.0 Å². The molecule has 0 saturated carbocycles. The standard InChI is InChI=1S/C20H23FN10O9P2S2/c21-10-13(39-41(34)43)9(38-19(10)30-5-26-11-14(22)24-4-25-15(11)30)3-36-42(35,44)40-8-1-7(2-32)37-18(8)31-6-27-12-16(31)28-20(23)29-17(12)33/h4-10,13,18-19,32H,1-3H2,(H6-,22,23,24,25,28,29,33,34,35,43,44)/p+1/t7-,8?,9+,10?,13?,18+,19+,42?/m0/s1. The molecule has 9 atom stereocenters. The minimum absolute atomic E-state index is 0.0317. The topological polar surface area (TPSA) is 263 Å². The van der Waals surface area contributed by atoms with E-state index in [4.69, 9.17) is 46.3 Å². The third-order valence-electron chi connectivity index (χ3n) is 6.88. The molecule has 2 aliphatic heterocycles. The number of alkyl halides is 1. The fourth-order valence-corrected chi connectivity index (χ4v) is 7.24. The van der Waals surface area contributed by atoms with Crippen LogP contribution in [-0.4, -0.2) is 92.8 Å². The number of imidazole rings is 2. The van der Waals surface area contributed by atoms with Crippen molar-refractivity contribution in [1.82, 2.24) is 39.0 Å². The summed E-state index contributed by atoms with van der Waals surface area (Å²) in [6.45, 7) is -5.09. The first kappa shape index (κ1) is 31.2. The van der Waals surface area contributed by atoms with Crippen LogP contribution >= 0.6 is 26.2 Å². The molecule has 236 valence electrons. The van der Waals surface area contributed by atoms with Crippen LogP contribution in [0.4, 0.5) is 16.2 Å². The molecule has 0 aliphatic carbocycles. The van der Waals surface area contributed by atoms with Crippen LogP contribution in [0, 0.1) is 0 Å². The molecule has 0 aromatic carbocycles. The maximum absolute atomic E-state index is 15.7. The van der Waals surface area contributed by atoms with E-state index in [0.717, 1.165) is 0 Å². The average Bonchev–Trinajstić information content (AvgIpc) is 3.73. The lowest BCUT2D eigenvalue weighted by Gasteiger charge is -2.25. The third-order valence-corrected chi connectivity index (χ3v) is 9.18. The Balaban J connectivity index is 1.20. The Morgan fingerprint density at radius 3 is 2.64 bits per heavy atom. The molecule has 6 rings (SSSR count). The van der Waals surface area contributed by atoms with Crippen molar-refractivity contribution in [3.05, 3.63) is 29.3 Å². The van der Waals surface area contributed by atoms with Gasteiger partial charge in [-0.15, -0.1) is 4.52 Å². The molecule has 7 N–H and O–H groups in total. The number of nitrogens with one attached hydrogen (secondary N) is 1. The van der Waals surface area contributed by atoms with Crippen LogP contribution < -0.4 is 17.0 Å². The minimum atomic E-state index is -4.14. The van der Waals surface area contributed by atoms with E-state index in [1.165, 1.54) is 28.1 Å². The number of H-pyrrole nitrogens is 1. The number of nitrogens with zero attached hydrogens (tertiary/aromatic N) is 7. The van der Waals surface area contributed by atoms with Crippen LogP contribution in [-0.2, 0) is 39.4 Å². The summed E-state index contributed by atoms with van der Waals surface area (Å²) in [5.74, 6) is -0.104. The highest BCUT2D eigenvalue weighted by atomic mass is 32.7. The van der Waals surface area contributed by atoms with Gasteiger partial charge in [-0.3, -0.25) is 18.9 Å². The minimum Gasteiger partial charge on any atom is -0.394 e. The fraction of sp³-hybridized carbons (Fsp3) is 0.500. The molecule has 0 bridgehead atoms. The number of aromatic nitrogens is 8. The zero-order chi connectivity index (χ0) is 31.3. The predicted octanol–water partition coefficient (Wildman–Crippen LogP) is 0.230. The summed E-state index contributed by atoms with van der Waals surface area (Å²) in [6, 6.07) is 0. The zero-order valence-electron chi connectivity index (χ0n) is 22.1. The number of thiol groups is 1. The van der Waals surface area contributed by atoms with E-state index in [1.54, 1.807) is 0 Å². The largest absolute Gasteiger partial charge is 0.582 e. The van der Waals surface area contributed by atoms with Crippen molar-refractivity contribution in [3.63, 3.8) is 0 Å². The molecule has 2 fully saturated rings. The van der Waals surface area contributed by atoms with E-state index in [2.05, 4.69) is 42.2 Å². The summed E-state index contributed by atoms with van der Waals surface area (Å²) < 4.78 is 58.3. The van der Waals surface area contributed by atoms with Gasteiger partial charge in [0.2, 0.25) is 5.95 Å². The number of nitrogen functional groups attached to an aromatic ring is 2. The molecular weight excluding hydrogens is 669 g/mol. The Labute approximate surface area is 256 Å². The lowest BCUT2D eigenvalue weighted by Crippen LogP contribution is -2.32. The molecule has 44 heavy (non-hydrogen) atoms. The SMILES string of the molecule is Nc1nc2c(ncn2[C@@H]2O[C@H](CO)CC2OP(O)(=S)OC[C@H]2O[C@@H](n3cnc4c(N)ncnc43)C(F)C2O[P+](=O)S)c(=O)[nH]1. The Bertz CT molecular complexity index is 1830. The van der Waals surface area contributed by atoms with Gasteiger partial charge in [0.15, 0.2) is 47.4 Å². The van der Waals surface area contributed by atoms with E-state index >= 15 is 4.39 Å². The molecule has 4 aromatic heterocycles. The summed E-state index contributed by atoms with van der Waals surface area (Å²) in [6.07, 6.45) is -5.09. The van der Waals surface area contributed by atoms with Gasteiger partial charge in [0.05, 0.1) is 32.0 Å². The first-order chi connectivity index (χ1) is 21.0. The van der Waals surface area contributed by atoms with Crippen LogP contribution in [0.15, 0.2) is 23.8 Å². The van der Waals surface area contributed by atoms with Crippen LogP contribution in [0.3, 0.4) is 0 Å². The molecule has 6 heterocycles. The number of hydrogen-bond acceptors (Lipinski definition) is 16. The van der Waals surface area contributed by atoms with Crippen LogP contribution in [0.25, 0.3) is 22.3 Å². The smallest absolute Gasteiger partial charge is 0.394 e. The number of aromatic amines is 1. The molecule has 5 unspecified atom stereocenters. The number of hydrogen-bond donors (Lipinski definition) is 6. The van der Waals surface area contributed by atoms with Crippen LogP contribution in [0.5, 0.6) is 0 Å². The first-order valence-corrected chi connectivity index (χ1v) is 17.6. The van der Waals surface area contributed by atoms with Crippen molar-refractivity contribution in [2.75, 3.05) is 24.7 Å². The quantitative estimate of drug-likeness (QED) is 0.0959. The van der Waals surface area contributed by atoms with Gasteiger partial charge in [0.25, 0.3) is 5.56 Å². The average molecular weight is 694 g/mol. The number of nitrogens with two attached hydrogens (primary N) is 2. The van der Waals surface area contributed by atoms with Gasteiger partial charge >= 0.3 is 13.9 Å². The van der Waals surface area contributed by atoms with Crippen molar-refractivity contribution in [2.24, 2.45) is 0 Å². The molecule has 2 aliphatic rings. The monoisotopic (exact) mass is 693 g/mol. The lowest BCUT2D eigenvalue weighted by atomic mass is 10.1.